The van der Waals surface area contributed by atoms with Crippen LogP contribution in [0.5, 0.6) is 0 Å². The molecule has 126 valence electrons. The van der Waals surface area contributed by atoms with E-state index in [0.717, 1.165) is 50.8 Å². The fraction of sp³-hybridized carbons (Fsp3) is 0.556. The van der Waals surface area contributed by atoms with Gasteiger partial charge < -0.3 is 10.2 Å². The third-order valence-electron chi connectivity index (χ3n) is 4.18. The highest BCUT2D eigenvalue weighted by molar-refractivity contribution is 5.84. The van der Waals surface area contributed by atoms with Crippen molar-refractivity contribution in [3.8, 4) is 0 Å². The van der Waals surface area contributed by atoms with Gasteiger partial charge in [-0.15, -0.1) is 0 Å². The molecule has 1 aromatic carbocycles. The first-order chi connectivity index (χ1) is 11.1. The van der Waals surface area contributed by atoms with Crippen LogP contribution in [0.25, 0.3) is 0 Å². The summed E-state index contributed by atoms with van der Waals surface area (Å²) in [7, 11) is 0. The minimum atomic E-state index is -0.230. The number of rotatable bonds is 7. The summed E-state index contributed by atoms with van der Waals surface area (Å²) in [4.78, 5) is 25.5. The van der Waals surface area contributed by atoms with Gasteiger partial charge in [0.05, 0.1) is 6.54 Å². The lowest BCUT2D eigenvalue weighted by Crippen LogP contribution is -2.42. The summed E-state index contributed by atoms with van der Waals surface area (Å²) >= 11 is 0. The number of carbonyl (C=O) groups is 2. The molecule has 1 fully saturated rings. The lowest BCUT2D eigenvalue weighted by molar-refractivity contribution is -0.133. The standard InChI is InChI=1S/C18H25FN2O2/c19-16-10-8-15(9-11-16)6-2-3-7-17(22)20-14-18(23)21-12-4-1-5-13-21/h8-11H,1-7,12-14H2,(H,20,22). The Kier molecular flexibility index (Phi) is 7.04. The van der Waals surface area contributed by atoms with E-state index in [2.05, 4.69) is 5.32 Å². The highest BCUT2D eigenvalue weighted by Gasteiger charge is 2.16. The number of hydrogen-bond acceptors (Lipinski definition) is 2. The second-order valence-electron chi connectivity index (χ2n) is 6.05. The number of amides is 2. The van der Waals surface area contributed by atoms with Gasteiger partial charge in [0.1, 0.15) is 5.82 Å². The summed E-state index contributed by atoms with van der Waals surface area (Å²) < 4.78 is 12.8. The van der Waals surface area contributed by atoms with Crippen molar-refractivity contribution in [1.82, 2.24) is 10.2 Å². The number of benzene rings is 1. The maximum absolute atomic E-state index is 12.8. The van der Waals surface area contributed by atoms with Crippen molar-refractivity contribution in [3.63, 3.8) is 0 Å². The lowest BCUT2D eigenvalue weighted by Gasteiger charge is -2.26. The van der Waals surface area contributed by atoms with Crippen LogP contribution in [0.15, 0.2) is 24.3 Å². The molecule has 1 aliphatic rings. The number of likely N-dealkylation sites (tertiary alicyclic amines) is 1. The van der Waals surface area contributed by atoms with Crippen molar-refractivity contribution in [2.24, 2.45) is 0 Å². The molecule has 0 unspecified atom stereocenters. The van der Waals surface area contributed by atoms with E-state index < -0.39 is 0 Å². The molecule has 0 radical (unpaired) electrons. The molecule has 2 rings (SSSR count). The van der Waals surface area contributed by atoms with Crippen LogP contribution in [0.4, 0.5) is 4.39 Å². The van der Waals surface area contributed by atoms with Crippen LogP contribution in [0.1, 0.15) is 44.1 Å². The van der Waals surface area contributed by atoms with Crippen LogP contribution in [0.3, 0.4) is 0 Å². The largest absolute Gasteiger partial charge is 0.347 e. The Balaban J connectivity index is 1.56. The molecule has 1 saturated heterocycles. The zero-order valence-electron chi connectivity index (χ0n) is 13.5. The van der Waals surface area contributed by atoms with Gasteiger partial charge in [-0.05, 0) is 56.2 Å². The van der Waals surface area contributed by atoms with Crippen LogP contribution >= 0.6 is 0 Å². The average molecular weight is 320 g/mol. The summed E-state index contributed by atoms with van der Waals surface area (Å²) in [6.45, 7) is 1.73. The fourth-order valence-corrected chi connectivity index (χ4v) is 2.78. The number of carbonyl (C=O) groups excluding carboxylic acids is 2. The third-order valence-corrected chi connectivity index (χ3v) is 4.18. The van der Waals surface area contributed by atoms with Gasteiger partial charge in [-0.3, -0.25) is 9.59 Å². The lowest BCUT2D eigenvalue weighted by atomic mass is 10.1. The summed E-state index contributed by atoms with van der Waals surface area (Å²) in [5.41, 5.74) is 1.08. The Morgan fingerprint density at radius 2 is 1.74 bits per heavy atom. The smallest absolute Gasteiger partial charge is 0.241 e. The second kappa shape index (κ2) is 9.28. The van der Waals surface area contributed by atoms with Crippen LogP contribution in [0.2, 0.25) is 0 Å². The van der Waals surface area contributed by atoms with Crippen molar-refractivity contribution >= 4 is 11.8 Å². The molecule has 2 amide bonds. The Hall–Kier alpha value is -1.91. The van der Waals surface area contributed by atoms with E-state index in [1.165, 1.54) is 18.6 Å². The molecule has 0 saturated carbocycles. The van der Waals surface area contributed by atoms with Gasteiger partial charge in [-0.25, -0.2) is 4.39 Å². The van der Waals surface area contributed by atoms with E-state index in [1.54, 1.807) is 12.1 Å². The van der Waals surface area contributed by atoms with Crippen molar-refractivity contribution in [2.75, 3.05) is 19.6 Å². The molecule has 5 heteroatoms. The first-order valence-corrected chi connectivity index (χ1v) is 8.44. The number of unbranched alkanes of at least 4 members (excludes halogenated alkanes) is 1. The summed E-state index contributed by atoms with van der Waals surface area (Å²) in [6.07, 6.45) is 6.20. The van der Waals surface area contributed by atoms with Crippen molar-refractivity contribution in [3.05, 3.63) is 35.6 Å². The molecule has 23 heavy (non-hydrogen) atoms. The summed E-state index contributed by atoms with van der Waals surface area (Å²) in [5.74, 6) is -0.287. The van der Waals surface area contributed by atoms with Gasteiger partial charge in [-0.2, -0.15) is 0 Å². The van der Waals surface area contributed by atoms with Crippen LogP contribution < -0.4 is 5.32 Å². The molecule has 1 heterocycles. The van der Waals surface area contributed by atoms with Crippen LogP contribution in [0, 0.1) is 5.82 Å². The first-order valence-electron chi connectivity index (χ1n) is 8.44. The van der Waals surface area contributed by atoms with Gasteiger partial charge >= 0.3 is 0 Å². The predicted octanol–water partition coefficient (Wildman–Crippen LogP) is 2.67. The predicted molar refractivity (Wildman–Crippen MR) is 87.4 cm³/mol. The van der Waals surface area contributed by atoms with E-state index in [4.69, 9.17) is 0 Å². The zero-order valence-corrected chi connectivity index (χ0v) is 13.5. The fourth-order valence-electron chi connectivity index (χ4n) is 2.78. The van der Waals surface area contributed by atoms with Crippen molar-refractivity contribution in [2.45, 2.75) is 44.9 Å². The minimum absolute atomic E-state index is 0.0179. The Bertz CT molecular complexity index is 510. The first kappa shape index (κ1) is 17.4. The quantitative estimate of drug-likeness (QED) is 0.785. The van der Waals surface area contributed by atoms with Gasteiger partial charge in [0.2, 0.25) is 11.8 Å². The number of nitrogens with one attached hydrogen (secondary N) is 1. The molecule has 0 aliphatic carbocycles. The number of nitrogens with zero attached hydrogens (tertiary/aromatic N) is 1. The highest BCUT2D eigenvalue weighted by Crippen LogP contribution is 2.09. The Morgan fingerprint density at radius 3 is 2.43 bits per heavy atom. The minimum Gasteiger partial charge on any atom is -0.347 e. The molecule has 0 bridgehead atoms. The van der Waals surface area contributed by atoms with Crippen LogP contribution in [-0.2, 0) is 16.0 Å². The van der Waals surface area contributed by atoms with Crippen molar-refractivity contribution in [1.29, 1.82) is 0 Å². The maximum Gasteiger partial charge on any atom is 0.241 e. The molecular weight excluding hydrogens is 295 g/mol. The molecule has 0 spiro atoms. The molecule has 0 atom stereocenters. The molecule has 0 aromatic heterocycles. The van der Waals surface area contributed by atoms with Gasteiger partial charge in [0.25, 0.3) is 0 Å². The van der Waals surface area contributed by atoms with E-state index in [9.17, 15) is 14.0 Å². The number of piperidine rings is 1. The maximum atomic E-state index is 12.8. The Labute approximate surface area is 137 Å². The zero-order chi connectivity index (χ0) is 16.5. The Morgan fingerprint density at radius 1 is 1.04 bits per heavy atom. The third kappa shape index (κ3) is 6.38. The summed E-state index contributed by atoms with van der Waals surface area (Å²) in [5, 5.41) is 2.71. The van der Waals surface area contributed by atoms with Crippen LogP contribution in [-0.4, -0.2) is 36.3 Å². The summed E-state index contributed by atoms with van der Waals surface area (Å²) in [6, 6.07) is 6.45. The molecule has 1 aromatic rings. The topological polar surface area (TPSA) is 49.4 Å². The monoisotopic (exact) mass is 320 g/mol. The molecule has 1 N–H and O–H groups in total. The highest BCUT2D eigenvalue weighted by atomic mass is 19.1. The van der Waals surface area contributed by atoms with Gasteiger partial charge in [0.15, 0.2) is 0 Å². The molecule has 1 aliphatic heterocycles. The van der Waals surface area contributed by atoms with Gasteiger partial charge in [-0.1, -0.05) is 12.1 Å². The number of aryl methyl sites for hydroxylation is 1. The number of halogens is 1. The number of hydrogen-bond donors (Lipinski definition) is 1. The van der Waals surface area contributed by atoms with E-state index in [1.807, 2.05) is 4.90 Å². The van der Waals surface area contributed by atoms with E-state index in [-0.39, 0.29) is 24.2 Å². The normalized spacial score (nSPS) is 14.6. The second-order valence-corrected chi connectivity index (χ2v) is 6.05. The van der Waals surface area contributed by atoms with E-state index in [0.29, 0.717) is 6.42 Å². The van der Waals surface area contributed by atoms with Gasteiger partial charge in [0, 0.05) is 19.5 Å². The van der Waals surface area contributed by atoms with Crippen molar-refractivity contribution < 1.29 is 14.0 Å². The molecular formula is C18H25FN2O2. The average Bonchev–Trinajstić information content (AvgIpc) is 2.59. The molecule has 4 nitrogen and oxygen atoms in total. The van der Waals surface area contributed by atoms with E-state index >= 15 is 0 Å². The SMILES string of the molecule is O=C(CCCCc1ccc(F)cc1)NCC(=O)N1CCCCC1.